The van der Waals surface area contributed by atoms with E-state index in [0.29, 0.717) is 0 Å². The van der Waals surface area contributed by atoms with Crippen LogP contribution in [-0.4, -0.2) is 23.2 Å². The second-order valence-corrected chi connectivity index (χ2v) is 5.37. The van der Waals surface area contributed by atoms with Crippen LogP contribution in [0.4, 0.5) is 4.79 Å². The zero-order valence-electron chi connectivity index (χ0n) is 10.3. The lowest BCUT2D eigenvalue weighted by molar-refractivity contribution is 0.108. The third kappa shape index (κ3) is 9.05. The highest BCUT2D eigenvalue weighted by Gasteiger charge is 2.18. The summed E-state index contributed by atoms with van der Waals surface area (Å²) in [6, 6.07) is -0.680. The molecule has 0 radical (unpaired) electrons. The first-order chi connectivity index (χ1) is 6.49. The summed E-state index contributed by atoms with van der Waals surface area (Å²) in [5.74, 6) is 0. The van der Waals surface area contributed by atoms with E-state index in [4.69, 9.17) is 10.1 Å². The van der Waals surface area contributed by atoms with Crippen molar-refractivity contribution in [2.75, 3.05) is 0 Å². The number of amidine groups is 1. The molecule has 0 bridgehead atoms. The van der Waals surface area contributed by atoms with Crippen molar-refractivity contribution in [3.8, 4) is 0 Å². The van der Waals surface area contributed by atoms with Gasteiger partial charge < -0.3 is 10.1 Å². The van der Waals surface area contributed by atoms with E-state index in [9.17, 15) is 4.79 Å². The van der Waals surface area contributed by atoms with Crippen molar-refractivity contribution in [3.63, 3.8) is 0 Å². The number of urea groups is 1. The van der Waals surface area contributed by atoms with Gasteiger partial charge in [-0.25, -0.2) is 4.79 Å². The van der Waals surface area contributed by atoms with Crippen LogP contribution in [0.2, 0.25) is 0 Å². The molecule has 2 amide bonds. The van der Waals surface area contributed by atoms with E-state index in [1.54, 1.807) is 0 Å². The van der Waals surface area contributed by atoms with Gasteiger partial charge in [-0.05, 0) is 41.5 Å². The Bertz CT molecular complexity index is 222. The molecule has 0 heterocycles. The Morgan fingerprint density at radius 1 is 1.13 bits per heavy atom. The van der Waals surface area contributed by atoms with E-state index in [-0.39, 0.29) is 11.6 Å². The highest BCUT2D eigenvalue weighted by atomic mass is 16.5. The molecular weight excluding hydrogens is 194 g/mol. The number of carbonyl (C=O) groups is 1. The van der Waals surface area contributed by atoms with Gasteiger partial charge in [0.1, 0.15) is 5.60 Å². The van der Waals surface area contributed by atoms with E-state index in [1.807, 2.05) is 41.5 Å². The minimum Gasteiger partial charge on any atom is -0.459 e. The van der Waals surface area contributed by atoms with Crippen LogP contribution in [0.15, 0.2) is 0 Å². The van der Waals surface area contributed by atoms with Crippen LogP contribution in [0.1, 0.15) is 41.5 Å². The fourth-order valence-corrected chi connectivity index (χ4v) is 0.807. The molecule has 15 heavy (non-hydrogen) atoms. The topological polar surface area (TPSA) is 74.2 Å². The third-order valence-electron chi connectivity index (χ3n) is 1.12. The number of amides is 2. The molecule has 0 saturated carbocycles. The summed E-state index contributed by atoms with van der Waals surface area (Å²) in [6.07, 6.45) is 0. The van der Waals surface area contributed by atoms with Gasteiger partial charge in [0, 0.05) is 5.54 Å². The predicted molar refractivity (Wildman–Crippen MR) is 60.0 cm³/mol. The Morgan fingerprint density at radius 3 is 1.93 bits per heavy atom. The molecule has 0 aromatic heterocycles. The Balaban J connectivity index is 4.04. The smallest absolute Gasteiger partial charge is 0.323 e. The van der Waals surface area contributed by atoms with Gasteiger partial charge in [0.2, 0.25) is 0 Å². The molecule has 5 heteroatoms. The highest BCUT2D eigenvalue weighted by molar-refractivity contribution is 5.92. The molecule has 3 N–H and O–H groups in total. The normalized spacial score (nSPS) is 11.9. The van der Waals surface area contributed by atoms with Crippen molar-refractivity contribution in [2.24, 2.45) is 0 Å². The molecule has 0 fully saturated rings. The molecule has 0 aromatic carbocycles. The Labute approximate surface area is 91.1 Å². The fraction of sp³-hybridized carbons (Fsp3) is 0.800. The molecule has 88 valence electrons. The minimum atomic E-state index is -0.480. The average Bonchev–Trinajstić information content (AvgIpc) is 1.73. The van der Waals surface area contributed by atoms with E-state index >= 15 is 0 Å². The number of hydrogen-bond acceptors (Lipinski definition) is 3. The van der Waals surface area contributed by atoms with Gasteiger partial charge in [0.05, 0.1) is 0 Å². The molecule has 5 nitrogen and oxygen atoms in total. The van der Waals surface area contributed by atoms with Gasteiger partial charge >= 0.3 is 6.03 Å². The first-order valence-corrected chi connectivity index (χ1v) is 4.86. The Kier molecular flexibility index (Phi) is 4.13. The molecule has 0 aliphatic carbocycles. The standard InChI is InChI=1S/C10H21N3O2/c1-9(2,3)13-8(14)12-7(11)15-10(4,5)6/h1-6H3,(H3,11,12,13,14). The number of ether oxygens (including phenoxy) is 1. The Hall–Kier alpha value is -1.26. The van der Waals surface area contributed by atoms with Crippen molar-refractivity contribution in [2.45, 2.75) is 52.7 Å². The quantitative estimate of drug-likeness (QED) is 0.426. The lowest BCUT2D eigenvalue weighted by atomic mass is 10.1. The number of rotatable bonds is 0. The van der Waals surface area contributed by atoms with E-state index < -0.39 is 11.6 Å². The average molecular weight is 215 g/mol. The minimum absolute atomic E-state index is 0.246. The monoisotopic (exact) mass is 215 g/mol. The summed E-state index contributed by atoms with van der Waals surface area (Å²) in [7, 11) is 0. The van der Waals surface area contributed by atoms with Crippen LogP contribution in [0.3, 0.4) is 0 Å². The van der Waals surface area contributed by atoms with Gasteiger partial charge in [-0.1, -0.05) is 0 Å². The summed E-state index contributed by atoms with van der Waals surface area (Å²) in [6.45, 7) is 11.0. The van der Waals surface area contributed by atoms with Crippen LogP contribution in [0.25, 0.3) is 0 Å². The summed E-state index contributed by atoms with van der Waals surface area (Å²) in [5.41, 5.74) is -0.807. The molecule has 0 aromatic rings. The van der Waals surface area contributed by atoms with Gasteiger partial charge in [0.15, 0.2) is 0 Å². The zero-order valence-corrected chi connectivity index (χ0v) is 10.3. The van der Waals surface area contributed by atoms with E-state index in [1.165, 1.54) is 0 Å². The molecule has 0 aliphatic rings. The highest BCUT2D eigenvalue weighted by Crippen LogP contribution is 2.05. The first-order valence-electron chi connectivity index (χ1n) is 4.86. The lowest BCUT2D eigenvalue weighted by Crippen LogP contribution is -2.49. The van der Waals surface area contributed by atoms with Crippen LogP contribution < -0.4 is 10.6 Å². The van der Waals surface area contributed by atoms with E-state index in [2.05, 4.69) is 10.6 Å². The molecule has 0 spiro atoms. The number of carbonyl (C=O) groups excluding carboxylic acids is 1. The van der Waals surface area contributed by atoms with Gasteiger partial charge in [0.25, 0.3) is 6.02 Å². The summed E-state index contributed by atoms with van der Waals surface area (Å²) < 4.78 is 5.13. The van der Waals surface area contributed by atoms with Gasteiger partial charge in [-0.2, -0.15) is 0 Å². The lowest BCUT2D eigenvalue weighted by Gasteiger charge is -2.24. The van der Waals surface area contributed by atoms with Crippen molar-refractivity contribution < 1.29 is 9.53 Å². The number of hydrogen-bond donors (Lipinski definition) is 3. The zero-order chi connectivity index (χ0) is 12.3. The predicted octanol–water partition coefficient (Wildman–Crippen LogP) is 1.83. The SMILES string of the molecule is CC(C)(C)NC(=O)NC(=N)OC(C)(C)C. The van der Waals surface area contributed by atoms with Crippen molar-refractivity contribution in [1.29, 1.82) is 5.41 Å². The summed E-state index contributed by atoms with van der Waals surface area (Å²) >= 11 is 0. The van der Waals surface area contributed by atoms with Gasteiger partial charge in [-0.15, -0.1) is 0 Å². The molecular formula is C10H21N3O2. The van der Waals surface area contributed by atoms with Crippen LogP contribution in [0, 0.1) is 5.41 Å². The van der Waals surface area contributed by atoms with Gasteiger partial charge in [-0.3, -0.25) is 10.7 Å². The molecule has 0 atom stereocenters. The third-order valence-corrected chi connectivity index (χ3v) is 1.12. The second-order valence-electron chi connectivity index (χ2n) is 5.37. The van der Waals surface area contributed by atoms with Crippen molar-refractivity contribution >= 4 is 12.1 Å². The maximum Gasteiger partial charge on any atom is 0.323 e. The summed E-state index contributed by atoms with van der Waals surface area (Å²) in [5, 5.41) is 12.4. The molecule has 0 saturated heterocycles. The second kappa shape index (κ2) is 4.51. The fourth-order valence-electron chi connectivity index (χ4n) is 0.807. The largest absolute Gasteiger partial charge is 0.459 e. The molecule has 0 aliphatic heterocycles. The summed E-state index contributed by atoms with van der Waals surface area (Å²) in [4.78, 5) is 11.3. The molecule has 0 unspecified atom stereocenters. The maximum absolute atomic E-state index is 11.3. The van der Waals surface area contributed by atoms with Crippen LogP contribution >= 0.6 is 0 Å². The molecule has 0 rings (SSSR count). The van der Waals surface area contributed by atoms with Crippen LogP contribution in [-0.2, 0) is 4.74 Å². The van der Waals surface area contributed by atoms with Crippen molar-refractivity contribution in [3.05, 3.63) is 0 Å². The number of nitrogens with one attached hydrogen (secondary N) is 3. The maximum atomic E-state index is 11.3. The van der Waals surface area contributed by atoms with Crippen LogP contribution in [0.5, 0.6) is 0 Å². The Morgan fingerprint density at radius 2 is 1.60 bits per heavy atom. The first kappa shape index (κ1) is 13.7. The van der Waals surface area contributed by atoms with E-state index in [0.717, 1.165) is 0 Å². The van der Waals surface area contributed by atoms with Crippen molar-refractivity contribution in [1.82, 2.24) is 10.6 Å².